The lowest BCUT2D eigenvalue weighted by Gasteiger charge is -2.23. The van der Waals surface area contributed by atoms with Gasteiger partial charge in [-0.1, -0.05) is 28.1 Å². The van der Waals surface area contributed by atoms with E-state index in [0.717, 1.165) is 47.5 Å². The number of piperidine rings is 1. The quantitative estimate of drug-likeness (QED) is 0.814. The SMILES string of the molecule is Brc1cccc(-c2cc(NC3CCNCC3)n[nH]2)c1. The molecule has 2 aromatic rings. The molecule has 1 aliphatic rings. The van der Waals surface area contributed by atoms with Crippen molar-refractivity contribution in [2.45, 2.75) is 18.9 Å². The summed E-state index contributed by atoms with van der Waals surface area (Å²) in [6.07, 6.45) is 2.30. The molecule has 1 aromatic heterocycles. The summed E-state index contributed by atoms with van der Waals surface area (Å²) >= 11 is 3.49. The van der Waals surface area contributed by atoms with Crippen molar-refractivity contribution in [1.82, 2.24) is 15.5 Å². The van der Waals surface area contributed by atoms with Crippen LogP contribution in [0.25, 0.3) is 11.3 Å². The molecule has 100 valence electrons. The Morgan fingerprint density at radius 1 is 1.21 bits per heavy atom. The van der Waals surface area contributed by atoms with Gasteiger partial charge in [0.05, 0.1) is 5.69 Å². The monoisotopic (exact) mass is 320 g/mol. The second-order valence-corrected chi connectivity index (χ2v) is 5.76. The number of hydrogen-bond acceptors (Lipinski definition) is 3. The number of halogens is 1. The maximum absolute atomic E-state index is 4.34. The zero-order chi connectivity index (χ0) is 13.1. The van der Waals surface area contributed by atoms with Gasteiger partial charge in [0.25, 0.3) is 0 Å². The van der Waals surface area contributed by atoms with E-state index in [4.69, 9.17) is 0 Å². The van der Waals surface area contributed by atoms with Gasteiger partial charge in [0.1, 0.15) is 5.82 Å². The lowest BCUT2D eigenvalue weighted by Crippen LogP contribution is -2.35. The summed E-state index contributed by atoms with van der Waals surface area (Å²) in [5.74, 6) is 0.932. The first-order valence-corrected chi connectivity index (χ1v) is 7.39. The minimum absolute atomic E-state index is 0.528. The normalized spacial score (nSPS) is 16.5. The van der Waals surface area contributed by atoms with Gasteiger partial charge >= 0.3 is 0 Å². The van der Waals surface area contributed by atoms with E-state index in [1.54, 1.807) is 0 Å². The van der Waals surface area contributed by atoms with E-state index in [2.05, 4.69) is 55.0 Å². The minimum Gasteiger partial charge on any atom is -0.366 e. The first-order valence-electron chi connectivity index (χ1n) is 6.60. The number of hydrogen-bond donors (Lipinski definition) is 3. The van der Waals surface area contributed by atoms with Crippen molar-refractivity contribution in [2.24, 2.45) is 0 Å². The Bertz CT molecular complexity index is 546. The fourth-order valence-electron chi connectivity index (χ4n) is 2.37. The van der Waals surface area contributed by atoms with E-state index in [1.165, 1.54) is 0 Å². The third kappa shape index (κ3) is 3.16. The molecule has 19 heavy (non-hydrogen) atoms. The molecule has 4 nitrogen and oxygen atoms in total. The van der Waals surface area contributed by atoms with Crippen LogP contribution >= 0.6 is 15.9 Å². The maximum atomic E-state index is 4.34. The predicted molar refractivity (Wildman–Crippen MR) is 81.2 cm³/mol. The Balaban J connectivity index is 1.72. The summed E-state index contributed by atoms with van der Waals surface area (Å²) in [6.45, 7) is 2.17. The van der Waals surface area contributed by atoms with Gasteiger partial charge in [0.15, 0.2) is 0 Å². The van der Waals surface area contributed by atoms with Crippen molar-refractivity contribution in [3.63, 3.8) is 0 Å². The van der Waals surface area contributed by atoms with Gasteiger partial charge < -0.3 is 10.6 Å². The summed E-state index contributed by atoms with van der Waals surface area (Å²) in [4.78, 5) is 0. The van der Waals surface area contributed by atoms with Crippen molar-refractivity contribution >= 4 is 21.7 Å². The predicted octanol–water partition coefficient (Wildman–Crippen LogP) is 3.00. The zero-order valence-corrected chi connectivity index (χ0v) is 12.2. The minimum atomic E-state index is 0.528. The Hall–Kier alpha value is -1.33. The molecule has 3 rings (SSSR count). The van der Waals surface area contributed by atoms with Gasteiger partial charge in [-0.3, -0.25) is 5.10 Å². The van der Waals surface area contributed by atoms with E-state index >= 15 is 0 Å². The van der Waals surface area contributed by atoms with Gasteiger partial charge in [-0.05, 0) is 38.1 Å². The molecule has 1 aromatic carbocycles. The van der Waals surface area contributed by atoms with Crippen LogP contribution in [0.5, 0.6) is 0 Å². The highest BCUT2D eigenvalue weighted by molar-refractivity contribution is 9.10. The molecule has 0 amide bonds. The van der Waals surface area contributed by atoms with Gasteiger partial charge in [-0.2, -0.15) is 5.10 Å². The first-order chi connectivity index (χ1) is 9.31. The molecular formula is C14H17BrN4. The zero-order valence-electron chi connectivity index (χ0n) is 10.6. The van der Waals surface area contributed by atoms with Gasteiger partial charge in [-0.15, -0.1) is 0 Å². The van der Waals surface area contributed by atoms with Crippen LogP contribution < -0.4 is 10.6 Å². The van der Waals surface area contributed by atoms with Crippen molar-refractivity contribution in [3.05, 3.63) is 34.8 Å². The molecule has 3 N–H and O–H groups in total. The average Bonchev–Trinajstić information content (AvgIpc) is 2.88. The highest BCUT2D eigenvalue weighted by Gasteiger charge is 2.14. The van der Waals surface area contributed by atoms with Crippen LogP contribution in [-0.2, 0) is 0 Å². The summed E-state index contributed by atoms with van der Waals surface area (Å²) < 4.78 is 1.08. The summed E-state index contributed by atoms with van der Waals surface area (Å²) in [7, 11) is 0. The molecule has 1 fully saturated rings. The number of rotatable bonds is 3. The van der Waals surface area contributed by atoms with Gasteiger partial charge in [0, 0.05) is 22.1 Å². The highest BCUT2D eigenvalue weighted by Crippen LogP contribution is 2.23. The molecule has 0 radical (unpaired) electrons. The lowest BCUT2D eigenvalue weighted by molar-refractivity contribution is 0.478. The largest absolute Gasteiger partial charge is 0.366 e. The average molecular weight is 321 g/mol. The van der Waals surface area contributed by atoms with E-state index in [9.17, 15) is 0 Å². The maximum Gasteiger partial charge on any atom is 0.148 e. The van der Waals surface area contributed by atoms with E-state index in [0.29, 0.717) is 6.04 Å². The first kappa shape index (κ1) is 12.7. The molecule has 0 atom stereocenters. The summed E-state index contributed by atoms with van der Waals surface area (Å²) in [5.41, 5.74) is 2.18. The van der Waals surface area contributed by atoms with Crippen LogP contribution in [-0.4, -0.2) is 29.3 Å². The number of H-pyrrole nitrogens is 1. The smallest absolute Gasteiger partial charge is 0.148 e. The van der Waals surface area contributed by atoms with Crippen molar-refractivity contribution in [1.29, 1.82) is 0 Å². The number of nitrogens with zero attached hydrogens (tertiary/aromatic N) is 1. The van der Waals surface area contributed by atoms with E-state index < -0.39 is 0 Å². The van der Waals surface area contributed by atoms with Crippen molar-refractivity contribution in [2.75, 3.05) is 18.4 Å². The highest BCUT2D eigenvalue weighted by atomic mass is 79.9. The molecule has 0 aliphatic carbocycles. The fraction of sp³-hybridized carbons (Fsp3) is 0.357. The lowest BCUT2D eigenvalue weighted by atomic mass is 10.1. The third-order valence-electron chi connectivity index (χ3n) is 3.40. The molecular weight excluding hydrogens is 304 g/mol. The molecule has 0 bridgehead atoms. The molecule has 0 spiro atoms. The molecule has 1 aliphatic heterocycles. The topological polar surface area (TPSA) is 52.7 Å². The number of anilines is 1. The van der Waals surface area contributed by atoms with E-state index in [1.807, 2.05) is 12.1 Å². The number of benzene rings is 1. The molecule has 5 heteroatoms. The number of nitrogens with one attached hydrogen (secondary N) is 3. The van der Waals surface area contributed by atoms with Crippen LogP contribution in [0.4, 0.5) is 5.82 Å². The van der Waals surface area contributed by atoms with Crippen LogP contribution in [0.1, 0.15) is 12.8 Å². The van der Waals surface area contributed by atoms with Crippen LogP contribution in [0, 0.1) is 0 Å². The Kier molecular flexibility index (Phi) is 3.84. The summed E-state index contributed by atoms with van der Waals surface area (Å²) in [6, 6.07) is 10.8. The summed E-state index contributed by atoms with van der Waals surface area (Å²) in [5, 5.41) is 14.3. The van der Waals surface area contributed by atoms with E-state index in [-0.39, 0.29) is 0 Å². The molecule has 1 saturated heterocycles. The number of aromatic amines is 1. The van der Waals surface area contributed by atoms with Crippen molar-refractivity contribution in [3.8, 4) is 11.3 Å². The second kappa shape index (κ2) is 5.75. The fourth-order valence-corrected chi connectivity index (χ4v) is 2.77. The van der Waals surface area contributed by atoms with Crippen LogP contribution in [0.3, 0.4) is 0 Å². The van der Waals surface area contributed by atoms with Gasteiger partial charge in [0.2, 0.25) is 0 Å². The van der Waals surface area contributed by atoms with Crippen LogP contribution in [0.2, 0.25) is 0 Å². The Morgan fingerprint density at radius 3 is 2.84 bits per heavy atom. The third-order valence-corrected chi connectivity index (χ3v) is 3.90. The molecule has 0 unspecified atom stereocenters. The molecule has 2 heterocycles. The molecule has 0 saturated carbocycles. The Morgan fingerprint density at radius 2 is 2.05 bits per heavy atom. The van der Waals surface area contributed by atoms with Crippen molar-refractivity contribution < 1.29 is 0 Å². The second-order valence-electron chi connectivity index (χ2n) is 4.85. The van der Waals surface area contributed by atoms with Gasteiger partial charge in [-0.25, -0.2) is 0 Å². The van der Waals surface area contributed by atoms with Crippen LogP contribution in [0.15, 0.2) is 34.8 Å². The Labute approximate surface area is 121 Å². The standard InChI is InChI=1S/C14H17BrN4/c15-11-3-1-2-10(8-11)13-9-14(19-18-13)17-12-4-6-16-7-5-12/h1-3,8-9,12,16H,4-7H2,(H2,17,18,19). The number of aromatic nitrogens is 2.